The molecule has 0 heterocycles. The SMILES string of the molecule is C=NCc1ccc(C)cc1C(F)(F)F. The maximum Gasteiger partial charge on any atom is 0.416 e. The smallest absolute Gasteiger partial charge is 0.296 e. The van der Waals surface area contributed by atoms with Crippen molar-refractivity contribution in [2.24, 2.45) is 4.99 Å². The highest BCUT2D eigenvalue weighted by Gasteiger charge is 2.32. The molecule has 0 N–H and O–H groups in total. The Morgan fingerprint density at radius 3 is 2.50 bits per heavy atom. The summed E-state index contributed by atoms with van der Waals surface area (Å²) in [5.74, 6) is 0. The summed E-state index contributed by atoms with van der Waals surface area (Å²) < 4.78 is 37.5. The molecule has 0 bridgehead atoms. The van der Waals surface area contributed by atoms with E-state index in [1.54, 1.807) is 13.0 Å². The molecule has 14 heavy (non-hydrogen) atoms. The summed E-state index contributed by atoms with van der Waals surface area (Å²) in [6.45, 7) is 4.80. The zero-order chi connectivity index (χ0) is 10.8. The van der Waals surface area contributed by atoms with E-state index >= 15 is 0 Å². The van der Waals surface area contributed by atoms with Crippen molar-refractivity contribution in [3.63, 3.8) is 0 Å². The average molecular weight is 201 g/mol. The molecule has 0 spiro atoms. The quantitative estimate of drug-likeness (QED) is 0.651. The van der Waals surface area contributed by atoms with Gasteiger partial charge in [-0.05, 0) is 25.3 Å². The van der Waals surface area contributed by atoms with E-state index in [4.69, 9.17) is 0 Å². The molecule has 0 radical (unpaired) electrons. The maximum atomic E-state index is 12.5. The van der Waals surface area contributed by atoms with Crippen LogP contribution in [0.25, 0.3) is 0 Å². The molecule has 0 aliphatic carbocycles. The topological polar surface area (TPSA) is 12.4 Å². The molecule has 1 rings (SSSR count). The number of benzene rings is 1. The van der Waals surface area contributed by atoms with Gasteiger partial charge in [0.1, 0.15) is 0 Å². The monoisotopic (exact) mass is 201 g/mol. The molecule has 0 aliphatic heterocycles. The lowest BCUT2D eigenvalue weighted by atomic mass is 10.0. The second-order valence-corrected chi connectivity index (χ2v) is 3.04. The van der Waals surface area contributed by atoms with Gasteiger partial charge in [-0.2, -0.15) is 13.2 Å². The minimum absolute atomic E-state index is 0.00484. The van der Waals surface area contributed by atoms with Gasteiger partial charge in [-0.15, -0.1) is 0 Å². The number of hydrogen-bond donors (Lipinski definition) is 0. The van der Waals surface area contributed by atoms with Gasteiger partial charge in [0.2, 0.25) is 0 Å². The Hall–Kier alpha value is -1.32. The molecule has 0 aromatic heterocycles. The van der Waals surface area contributed by atoms with Crippen LogP contribution in [0.1, 0.15) is 16.7 Å². The van der Waals surface area contributed by atoms with Crippen molar-refractivity contribution >= 4 is 6.72 Å². The van der Waals surface area contributed by atoms with Gasteiger partial charge in [-0.3, -0.25) is 4.99 Å². The molecule has 76 valence electrons. The van der Waals surface area contributed by atoms with E-state index in [1.807, 2.05) is 0 Å². The number of alkyl halides is 3. The molecule has 0 aliphatic rings. The summed E-state index contributed by atoms with van der Waals surface area (Å²) in [6.07, 6.45) is -4.31. The average Bonchev–Trinajstić information content (AvgIpc) is 2.07. The Bertz CT molecular complexity index is 342. The van der Waals surface area contributed by atoms with Crippen LogP contribution in [0.2, 0.25) is 0 Å². The normalized spacial score (nSPS) is 11.4. The van der Waals surface area contributed by atoms with Crippen LogP contribution in [0.3, 0.4) is 0 Å². The van der Waals surface area contributed by atoms with Crippen molar-refractivity contribution in [2.75, 3.05) is 0 Å². The van der Waals surface area contributed by atoms with Crippen LogP contribution in [0, 0.1) is 6.92 Å². The highest BCUT2D eigenvalue weighted by Crippen LogP contribution is 2.32. The van der Waals surface area contributed by atoms with E-state index in [0.717, 1.165) is 6.07 Å². The number of aryl methyl sites for hydroxylation is 1. The Morgan fingerprint density at radius 1 is 1.36 bits per heavy atom. The van der Waals surface area contributed by atoms with Crippen LogP contribution >= 0.6 is 0 Å². The molecular formula is C10H10F3N. The van der Waals surface area contributed by atoms with Crippen molar-refractivity contribution in [1.82, 2.24) is 0 Å². The summed E-state index contributed by atoms with van der Waals surface area (Å²) in [5, 5.41) is 0. The predicted molar refractivity (Wildman–Crippen MR) is 49.4 cm³/mol. The second-order valence-electron chi connectivity index (χ2n) is 3.04. The van der Waals surface area contributed by atoms with Crippen LogP contribution in [0.15, 0.2) is 23.2 Å². The number of hydrogen-bond acceptors (Lipinski definition) is 1. The molecule has 1 aromatic carbocycles. The Kier molecular flexibility index (Phi) is 2.93. The van der Waals surface area contributed by atoms with E-state index in [0.29, 0.717) is 5.56 Å². The van der Waals surface area contributed by atoms with Gasteiger partial charge >= 0.3 is 6.18 Å². The lowest BCUT2D eigenvalue weighted by Gasteiger charge is -2.11. The summed E-state index contributed by atoms with van der Waals surface area (Å²) >= 11 is 0. The first-order valence-corrected chi connectivity index (χ1v) is 4.04. The highest BCUT2D eigenvalue weighted by atomic mass is 19.4. The van der Waals surface area contributed by atoms with Crippen molar-refractivity contribution in [1.29, 1.82) is 0 Å². The summed E-state index contributed by atoms with van der Waals surface area (Å²) in [7, 11) is 0. The molecule has 0 atom stereocenters. The van der Waals surface area contributed by atoms with Gasteiger partial charge < -0.3 is 0 Å². The van der Waals surface area contributed by atoms with Gasteiger partial charge in [-0.25, -0.2) is 0 Å². The maximum absolute atomic E-state index is 12.5. The van der Waals surface area contributed by atoms with Crippen LogP contribution in [0.5, 0.6) is 0 Å². The third-order valence-corrected chi connectivity index (χ3v) is 1.85. The number of halogens is 3. The molecule has 0 amide bonds. The van der Waals surface area contributed by atoms with E-state index in [2.05, 4.69) is 11.7 Å². The summed E-state index contributed by atoms with van der Waals surface area (Å²) in [6, 6.07) is 4.20. The minimum Gasteiger partial charge on any atom is -0.296 e. The fraction of sp³-hybridized carbons (Fsp3) is 0.300. The van der Waals surface area contributed by atoms with Crippen LogP contribution in [0.4, 0.5) is 13.2 Å². The molecule has 1 nitrogen and oxygen atoms in total. The van der Waals surface area contributed by atoms with Crippen molar-refractivity contribution < 1.29 is 13.2 Å². The molecule has 0 saturated carbocycles. The zero-order valence-corrected chi connectivity index (χ0v) is 7.73. The van der Waals surface area contributed by atoms with E-state index in [-0.39, 0.29) is 12.1 Å². The fourth-order valence-corrected chi connectivity index (χ4v) is 1.21. The zero-order valence-electron chi connectivity index (χ0n) is 7.73. The largest absolute Gasteiger partial charge is 0.416 e. The number of rotatable bonds is 2. The predicted octanol–water partition coefficient (Wildman–Crippen LogP) is 3.21. The Balaban J connectivity index is 3.22. The summed E-state index contributed by atoms with van der Waals surface area (Å²) in [4.78, 5) is 3.46. The van der Waals surface area contributed by atoms with Crippen LogP contribution in [-0.2, 0) is 12.7 Å². The second kappa shape index (κ2) is 3.82. The molecule has 0 fully saturated rings. The molecule has 0 saturated heterocycles. The fourth-order valence-electron chi connectivity index (χ4n) is 1.21. The van der Waals surface area contributed by atoms with E-state index in [9.17, 15) is 13.2 Å². The van der Waals surface area contributed by atoms with Gasteiger partial charge in [-0.1, -0.05) is 17.7 Å². The Morgan fingerprint density at radius 2 is 2.00 bits per heavy atom. The Labute approximate surface area is 80.3 Å². The standard InChI is InChI=1S/C10H10F3N/c1-7-3-4-8(6-14-2)9(5-7)10(11,12)13/h3-5H,2,6H2,1H3. The van der Waals surface area contributed by atoms with Crippen molar-refractivity contribution in [2.45, 2.75) is 19.6 Å². The lowest BCUT2D eigenvalue weighted by Crippen LogP contribution is -2.09. The first-order chi connectivity index (χ1) is 6.45. The van der Waals surface area contributed by atoms with Gasteiger partial charge in [0, 0.05) is 0 Å². The summed E-state index contributed by atoms with van der Waals surface area (Å²) in [5.41, 5.74) is 0.133. The van der Waals surface area contributed by atoms with E-state index in [1.165, 1.54) is 6.07 Å². The van der Waals surface area contributed by atoms with Crippen LogP contribution in [-0.4, -0.2) is 6.72 Å². The van der Waals surface area contributed by atoms with Gasteiger partial charge in [0.15, 0.2) is 0 Å². The third-order valence-electron chi connectivity index (χ3n) is 1.85. The first kappa shape index (κ1) is 10.8. The van der Waals surface area contributed by atoms with Crippen molar-refractivity contribution in [3.05, 3.63) is 34.9 Å². The first-order valence-electron chi connectivity index (χ1n) is 4.04. The minimum atomic E-state index is -4.31. The van der Waals surface area contributed by atoms with Crippen LogP contribution < -0.4 is 0 Å². The molecule has 0 unspecified atom stereocenters. The van der Waals surface area contributed by atoms with Gasteiger partial charge in [0.05, 0.1) is 12.1 Å². The molecular weight excluding hydrogens is 191 g/mol. The van der Waals surface area contributed by atoms with Crippen molar-refractivity contribution in [3.8, 4) is 0 Å². The lowest BCUT2D eigenvalue weighted by molar-refractivity contribution is -0.138. The molecule has 1 aromatic rings. The highest BCUT2D eigenvalue weighted by molar-refractivity contribution is 5.35. The third kappa shape index (κ3) is 2.34. The van der Waals surface area contributed by atoms with Gasteiger partial charge in [0.25, 0.3) is 0 Å². The van der Waals surface area contributed by atoms with E-state index < -0.39 is 11.7 Å². The molecule has 4 heteroatoms. The number of nitrogens with zero attached hydrogens (tertiary/aromatic N) is 1. The number of aliphatic imine (C=N–C) groups is 1.